The van der Waals surface area contributed by atoms with Crippen LogP contribution in [-0.4, -0.2) is 16.3 Å². The van der Waals surface area contributed by atoms with Gasteiger partial charge in [0.25, 0.3) is 0 Å². The van der Waals surface area contributed by atoms with Crippen LogP contribution < -0.4 is 5.32 Å². The predicted molar refractivity (Wildman–Crippen MR) is 67.1 cm³/mol. The minimum Gasteiger partial charge on any atom is -0.309 e. The summed E-state index contributed by atoms with van der Waals surface area (Å²) in [6.45, 7) is 5.18. The van der Waals surface area contributed by atoms with Gasteiger partial charge in [-0.25, -0.2) is 0 Å². The third-order valence-electron chi connectivity index (χ3n) is 2.71. The summed E-state index contributed by atoms with van der Waals surface area (Å²) in [4.78, 5) is 0. The molecule has 88 valence electrons. The smallest absolute Gasteiger partial charge is 0.0625 e. The summed E-state index contributed by atoms with van der Waals surface area (Å²) in [5, 5.41) is 7.92. The highest BCUT2D eigenvalue weighted by Crippen LogP contribution is 2.19. The minimum atomic E-state index is 0.318. The molecule has 0 spiro atoms. The van der Waals surface area contributed by atoms with Crippen LogP contribution in [0.1, 0.15) is 44.1 Å². The van der Waals surface area contributed by atoms with Crippen LogP contribution in [-0.2, 0) is 13.5 Å². The molecule has 0 saturated carbocycles. The molecule has 0 amide bonds. The largest absolute Gasteiger partial charge is 0.309 e. The Labute approximate surface area is 98.2 Å². The van der Waals surface area contributed by atoms with Crippen molar-refractivity contribution in [1.29, 1.82) is 0 Å². The zero-order chi connectivity index (χ0) is 12.0. The maximum Gasteiger partial charge on any atom is 0.0625 e. The van der Waals surface area contributed by atoms with Crippen molar-refractivity contribution >= 4 is 0 Å². The van der Waals surface area contributed by atoms with E-state index in [1.54, 1.807) is 0 Å². The molecule has 0 aliphatic carbocycles. The fourth-order valence-corrected chi connectivity index (χ4v) is 1.87. The van der Waals surface area contributed by atoms with Crippen LogP contribution in [0.4, 0.5) is 0 Å². The average molecular weight is 219 g/mol. The van der Waals surface area contributed by atoms with E-state index >= 15 is 0 Å². The highest BCUT2D eigenvalue weighted by Gasteiger charge is 2.14. The van der Waals surface area contributed by atoms with Crippen LogP contribution in [0.25, 0.3) is 0 Å². The molecule has 0 aromatic carbocycles. The summed E-state index contributed by atoms with van der Waals surface area (Å²) in [5.41, 5.74) is 2.37. The normalized spacial score (nSPS) is 12.4. The Kier molecular flexibility index (Phi) is 5.07. The number of hydrogen-bond donors (Lipinski definition) is 1. The van der Waals surface area contributed by atoms with Crippen LogP contribution in [0.3, 0.4) is 0 Å². The van der Waals surface area contributed by atoms with Gasteiger partial charge in [-0.3, -0.25) is 4.68 Å². The number of rotatable bonds is 6. The number of aryl methyl sites for hydroxylation is 2. The second kappa shape index (κ2) is 6.34. The summed E-state index contributed by atoms with van der Waals surface area (Å²) in [5.74, 6) is 2.70. The minimum absolute atomic E-state index is 0.318. The molecule has 1 aromatic heterocycles. The molecule has 0 fully saturated rings. The standard InChI is InChI=1S/C13H21N3/c1-5-8-9-12(14-7-3)13-10-11(6-2)15-16(13)4/h1,10,12,14H,6-9H2,2-4H3. The maximum atomic E-state index is 5.32. The zero-order valence-corrected chi connectivity index (χ0v) is 10.5. The van der Waals surface area contributed by atoms with Crippen LogP contribution in [0, 0.1) is 12.3 Å². The summed E-state index contributed by atoms with van der Waals surface area (Å²) in [6, 6.07) is 2.49. The van der Waals surface area contributed by atoms with Gasteiger partial charge in [0, 0.05) is 13.5 Å². The van der Waals surface area contributed by atoms with E-state index in [0.717, 1.165) is 31.5 Å². The van der Waals surface area contributed by atoms with Crippen LogP contribution in [0.2, 0.25) is 0 Å². The second-order valence-electron chi connectivity index (χ2n) is 3.89. The summed E-state index contributed by atoms with van der Waals surface area (Å²) in [6.07, 6.45) is 8.06. The molecular weight excluding hydrogens is 198 g/mol. The van der Waals surface area contributed by atoms with Crippen molar-refractivity contribution in [2.75, 3.05) is 6.54 Å². The van der Waals surface area contributed by atoms with Gasteiger partial charge in [-0.1, -0.05) is 13.8 Å². The van der Waals surface area contributed by atoms with E-state index in [0.29, 0.717) is 6.04 Å². The van der Waals surface area contributed by atoms with Crippen molar-refractivity contribution in [2.45, 2.75) is 39.2 Å². The Bertz CT molecular complexity index is 360. The van der Waals surface area contributed by atoms with E-state index in [1.165, 1.54) is 5.69 Å². The van der Waals surface area contributed by atoms with Crippen molar-refractivity contribution in [2.24, 2.45) is 7.05 Å². The molecule has 1 unspecified atom stereocenters. The number of terminal acetylenes is 1. The average Bonchev–Trinajstić information content (AvgIpc) is 2.66. The SMILES string of the molecule is C#CCCC(NCC)c1cc(CC)nn1C. The van der Waals surface area contributed by atoms with Gasteiger partial charge >= 0.3 is 0 Å². The first-order valence-corrected chi connectivity index (χ1v) is 5.92. The van der Waals surface area contributed by atoms with Gasteiger partial charge in [-0.15, -0.1) is 12.3 Å². The monoisotopic (exact) mass is 219 g/mol. The van der Waals surface area contributed by atoms with Gasteiger partial charge in [-0.2, -0.15) is 5.10 Å². The third kappa shape index (κ3) is 3.11. The summed E-state index contributed by atoms with van der Waals surface area (Å²) >= 11 is 0. The fourth-order valence-electron chi connectivity index (χ4n) is 1.87. The molecule has 1 heterocycles. The molecule has 1 rings (SSSR count). The van der Waals surface area contributed by atoms with E-state index in [1.807, 2.05) is 11.7 Å². The van der Waals surface area contributed by atoms with Gasteiger partial charge in [0.1, 0.15) is 0 Å². The number of nitrogens with zero attached hydrogens (tertiary/aromatic N) is 2. The Morgan fingerprint density at radius 3 is 2.81 bits per heavy atom. The highest BCUT2D eigenvalue weighted by atomic mass is 15.3. The van der Waals surface area contributed by atoms with Gasteiger partial charge in [0.05, 0.1) is 17.4 Å². The molecule has 0 aliphatic rings. The molecular formula is C13H21N3. The third-order valence-corrected chi connectivity index (χ3v) is 2.71. The van der Waals surface area contributed by atoms with Crippen molar-refractivity contribution < 1.29 is 0 Å². The molecule has 1 aromatic rings. The lowest BCUT2D eigenvalue weighted by atomic mass is 10.1. The van der Waals surface area contributed by atoms with Crippen LogP contribution in [0.15, 0.2) is 6.07 Å². The van der Waals surface area contributed by atoms with E-state index in [2.05, 4.69) is 36.2 Å². The van der Waals surface area contributed by atoms with E-state index < -0.39 is 0 Å². The van der Waals surface area contributed by atoms with Crippen LogP contribution in [0.5, 0.6) is 0 Å². The first-order valence-electron chi connectivity index (χ1n) is 5.92. The quantitative estimate of drug-likeness (QED) is 0.742. The summed E-state index contributed by atoms with van der Waals surface area (Å²) in [7, 11) is 1.99. The number of hydrogen-bond acceptors (Lipinski definition) is 2. The van der Waals surface area contributed by atoms with Gasteiger partial charge in [0.15, 0.2) is 0 Å². The topological polar surface area (TPSA) is 29.9 Å². The molecule has 0 aliphatic heterocycles. The lowest BCUT2D eigenvalue weighted by molar-refractivity contribution is 0.486. The lowest BCUT2D eigenvalue weighted by Crippen LogP contribution is -2.23. The Morgan fingerprint density at radius 1 is 1.56 bits per heavy atom. The highest BCUT2D eigenvalue weighted by molar-refractivity contribution is 5.14. The lowest BCUT2D eigenvalue weighted by Gasteiger charge is -2.16. The first-order chi connectivity index (χ1) is 7.72. The van der Waals surface area contributed by atoms with Crippen molar-refractivity contribution in [1.82, 2.24) is 15.1 Å². The van der Waals surface area contributed by atoms with E-state index in [4.69, 9.17) is 6.42 Å². The van der Waals surface area contributed by atoms with Crippen molar-refractivity contribution in [3.05, 3.63) is 17.5 Å². The van der Waals surface area contributed by atoms with Gasteiger partial charge < -0.3 is 5.32 Å². The molecule has 16 heavy (non-hydrogen) atoms. The zero-order valence-electron chi connectivity index (χ0n) is 10.5. The molecule has 1 N–H and O–H groups in total. The molecule has 3 nitrogen and oxygen atoms in total. The number of nitrogens with one attached hydrogen (secondary N) is 1. The van der Waals surface area contributed by atoms with Crippen molar-refractivity contribution in [3.63, 3.8) is 0 Å². The molecule has 0 saturated heterocycles. The van der Waals surface area contributed by atoms with Gasteiger partial charge in [0.2, 0.25) is 0 Å². The fraction of sp³-hybridized carbons (Fsp3) is 0.615. The molecule has 1 atom stereocenters. The number of aromatic nitrogens is 2. The molecule has 0 bridgehead atoms. The van der Waals surface area contributed by atoms with E-state index in [-0.39, 0.29) is 0 Å². The van der Waals surface area contributed by atoms with E-state index in [9.17, 15) is 0 Å². The molecule has 3 heteroatoms. The maximum absolute atomic E-state index is 5.32. The first kappa shape index (κ1) is 12.8. The Balaban J connectivity index is 2.82. The second-order valence-corrected chi connectivity index (χ2v) is 3.89. The predicted octanol–water partition coefficient (Wildman–Crippen LogP) is 2.05. The molecule has 0 radical (unpaired) electrons. The Morgan fingerprint density at radius 2 is 2.31 bits per heavy atom. The Hall–Kier alpha value is -1.27. The van der Waals surface area contributed by atoms with Gasteiger partial charge in [-0.05, 0) is 25.5 Å². The van der Waals surface area contributed by atoms with Crippen LogP contribution >= 0.6 is 0 Å². The summed E-state index contributed by atoms with van der Waals surface area (Å²) < 4.78 is 1.96. The van der Waals surface area contributed by atoms with Crippen molar-refractivity contribution in [3.8, 4) is 12.3 Å².